The van der Waals surface area contributed by atoms with E-state index >= 15 is 0 Å². The second-order valence-corrected chi connectivity index (χ2v) is 11.4. The predicted octanol–water partition coefficient (Wildman–Crippen LogP) is 9.80. The summed E-state index contributed by atoms with van der Waals surface area (Å²) >= 11 is 0. The summed E-state index contributed by atoms with van der Waals surface area (Å²) in [5.74, 6) is 0.172. The van der Waals surface area contributed by atoms with Gasteiger partial charge in [0, 0.05) is 25.9 Å². The highest BCUT2D eigenvalue weighted by atomic mass is 16.1. The molecule has 1 rings (SSSR count). The minimum atomic E-state index is 0. The lowest BCUT2D eigenvalue weighted by molar-refractivity contribution is -0.114. The number of rotatable bonds is 27. The number of aldehydes is 1. The van der Waals surface area contributed by atoms with Crippen LogP contribution in [-0.2, 0) is 9.59 Å². The predicted molar refractivity (Wildman–Crippen MR) is 174 cm³/mol. The van der Waals surface area contributed by atoms with Crippen LogP contribution in [0.3, 0.4) is 0 Å². The maximum absolute atomic E-state index is 11.3. The normalized spacial score (nSPS) is 13.1. The molecule has 1 heterocycles. The van der Waals surface area contributed by atoms with Crippen molar-refractivity contribution in [3.63, 3.8) is 0 Å². The highest BCUT2D eigenvalue weighted by molar-refractivity contribution is 5.88. The van der Waals surface area contributed by atoms with Crippen molar-refractivity contribution < 1.29 is 9.59 Å². The topological polar surface area (TPSA) is 40.6 Å². The minimum absolute atomic E-state index is 0. The average molecular weight is 551 g/mol. The third-order valence-corrected chi connectivity index (χ3v) is 7.81. The van der Waals surface area contributed by atoms with E-state index < -0.39 is 0 Å². The summed E-state index contributed by atoms with van der Waals surface area (Å²) in [6.45, 7) is 15.4. The van der Waals surface area contributed by atoms with E-state index in [0.717, 1.165) is 38.5 Å². The van der Waals surface area contributed by atoms with Gasteiger partial charge in [-0.2, -0.15) is 0 Å². The van der Waals surface area contributed by atoms with Gasteiger partial charge in [0.05, 0.1) is 0 Å². The maximum atomic E-state index is 11.3. The fourth-order valence-corrected chi connectivity index (χ4v) is 5.19. The third kappa shape index (κ3) is 29.8. The van der Waals surface area contributed by atoms with Crippen molar-refractivity contribution in [1.82, 2.24) is 9.80 Å². The van der Waals surface area contributed by atoms with Gasteiger partial charge >= 0.3 is 0 Å². The van der Waals surface area contributed by atoms with E-state index in [0.29, 0.717) is 6.42 Å². The first-order valence-corrected chi connectivity index (χ1v) is 16.7. The molecule has 1 saturated heterocycles. The van der Waals surface area contributed by atoms with E-state index in [4.69, 9.17) is 0 Å². The van der Waals surface area contributed by atoms with Gasteiger partial charge in [0.1, 0.15) is 6.29 Å². The second-order valence-electron chi connectivity index (χ2n) is 11.4. The Kier molecular flexibility index (Phi) is 34.2. The van der Waals surface area contributed by atoms with Crippen LogP contribution in [0.1, 0.15) is 163 Å². The smallest absolute Gasteiger partial charge is 0.155 e. The molecule has 0 aromatic heterocycles. The van der Waals surface area contributed by atoms with Gasteiger partial charge in [-0.3, -0.25) is 4.79 Å². The third-order valence-electron chi connectivity index (χ3n) is 7.81. The van der Waals surface area contributed by atoms with Gasteiger partial charge in [0.25, 0.3) is 0 Å². The summed E-state index contributed by atoms with van der Waals surface area (Å²) in [4.78, 5) is 26.8. The molecule has 0 aromatic rings. The van der Waals surface area contributed by atoms with Gasteiger partial charge in [-0.25, -0.2) is 0 Å². The Hall–Kier alpha value is -1.00. The lowest BCUT2D eigenvalue weighted by atomic mass is 10.1. The van der Waals surface area contributed by atoms with E-state index in [1.54, 1.807) is 0 Å². The second kappa shape index (κ2) is 33.2. The molecule has 39 heavy (non-hydrogen) atoms. The molecule has 1 aliphatic heterocycles. The molecule has 0 saturated carbocycles. The molecule has 1 aliphatic rings. The fourth-order valence-electron chi connectivity index (χ4n) is 5.19. The van der Waals surface area contributed by atoms with Crippen molar-refractivity contribution in [2.45, 2.75) is 163 Å². The number of carbonyl (C=O) groups is 2. The molecule has 0 unspecified atom stereocenters. The number of carbonyl (C=O) groups excluding carboxylic acids is 2. The zero-order valence-corrected chi connectivity index (χ0v) is 25.9. The van der Waals surface area contributed by atoms with Gasteiger partial charge in [-0.15, -0.1) is 0 Å². The zero-order valence-electron chi connectivity index (χ0n) is 25.9. The molecule has 4 heteroatoms. The van der Waals surface area contributed by atoms with E-state index in [1.807, 2.05) is 0 Å². The number of hydrogen-bond donors (Lipinski definition) is 0. The van der Waals surface area contributed by atoms with Crippen LogP contribution in [0.2, 0.25) is 0 Å². The minimum Gasteiger partial charge on any atom is -0.303 e. The first-order valence-electron chi connectivity index (χ1n) is 16.7. The van der Waals surface area contributed by atoms with Crippen molar-refractivity contribution in [3.8, 4) is 0 Å². The SMILES string of the molecule is C.C=CC(=O)CCCCCN(CCCCCCCC=O)CCN1CCCC1.CCCCCCCCCCCC. The molecule has 0 atom stereocenters. The number of allylic oxidation sites excluding steroid dienone is 1. The Morgan fingerprint density at radius 2 is 1.15 bits per heavy atom. The van der Waals surface area contributed by atoms with E-state index in [9.17, 15) is 9.59 Å². The van der Waals surface area contributed by atoms with E-state index in [-0.39, 0.29) is 13.2 Å². The summed E-state index contributed by atoms with van der Waals surface area (Å²) in [5.41, 5.74) is 0. The Bertz CT molecular complexity index is 507. The van der Waals surface area contributed by atoms with Crippen molar-refractivity contribution in [2.75, 3.05) is 39.3 Å². The Morgan fingerprint density at radius 3 is 1.64 bits per heavy atom. The Balaban J connectivity index is 0. The molecule has 0 N–H and O–H groups in total. The van der Waals surface area contributed by atoms with Crippen LogP contribution in [-0.4, -0.2) is 61.1 Å². The summed E-state index contributed by atoms with van der Waals surface area (Å²) in [7, 11) is 0. The van der Waals surface area contributed by atoms with Gasteiger partial charge in [0.2, 0.25) is 0 Å². The summed E-state index contributed by atoms with van der Waals surface area (Å²) in [5, 5.41) is 0. The zero-order chi connectivity index (χ0) is 27.9. The van der Waals surface area contributed by atoms with Crippen LogP contribution in [0.4, 0.5) is 0 Å². The monoisotopic (exact) mass is 551 g/mol. The Morgan fingerprint density at radius 1 is 0.692 bits per heavy atom. The molecule has 4 nitrogen and oxygen atoms in total. The molecular weight excluding hydrogens is 480 g/mol. The van der Waals surface area contributed by atoms with Gasteiger partial charge in [-0.05, 0) is 70.8 Å². The Labute approximate surface area is 245 Å². The lowest BCUT2D eigenvalue weighted by Crippen LogP contribution is -2.35. The highest BCUT2D eigenvalue weighted by Gasteiger charge is 2.13. The van der Waals surface area contributed by atoms with Crippen molar-refractivity contribution in [2.24, 2.45) is 0 Å². The maximum Gasteiger partial charge on any atom is 0.155 e. The summed E-state index contributed by atoms with van der Waals surface area (Å²) in [6.07, 6.45) is 30.3. The number of unbranched alkanes of at least 4 members (excludes halogenated alkanes) is 16. The molecule has 0 radical (unpaired) electrons. The molecule has 0 amide bonds. The number of nitrogens with zero attached hydrogens (tertiary/aromatic N) is 2. The average Bonchev–Trinajstić information content (AvgIpc) is 3.46. The van der Waals surface area contributed by atoms with Crippen molar-refractivity contribution in [1.29, 1.82) is 0 Å². The van der Waals surface area contributed by atoms with Crippen LogP contribution in [0.5, 0.6) is 0 Å². The molecule has 1 fully saturated rings. The van der Waals surface area contributed by atoms with E-state index in [2.05, 4.69) is 30.2 Å². The molecular formula is C35H70N2O2. The first kappa shape index (κ1) is 40.1. The number of ketones is 1. The van der Waals surface area contributed by atoms with Crippen LogP contribution in [0.15, 0.2) is 12.7 Å². The standard InChI is InChI=1S/C22H40N2O2.C12H26.CH4/c1-2-22(26)14-8-7-10-16-23(19-20-24-17-11-12-18-24)15-9-5-3-4-6-13-21-25;1-3-5-7-9-11-12-10-8-6-4-2;/h2,21H,1,3-20H2;3-12H2,1-2H3;1H4. The van der Waals surface area contributed by atoms with Crippen LogP contribution < -0.4 is 0 Å². The number of hydrogen-bond acceptors (Lipinski definition) is 4. The summed E-state index contributed by atoms with van der Waals surface area (Å²) in [6, 6.07) is 0. The van der Waals surface area contributed by atoms with Crippen molar-refractivity contribution in [3.05, 3.63) is 12.7 Å². The molecule has 0 bridgehead atoms. The highest BCUT2D eigenvalue weighted by Crippen LogP contribution is 2.11. The quantitative estimate of drug-likeness (QED) is 0.0579. The lowest BCUT2D eigenvalue weighted by Gasteiger charge is -2.25. The van der Waals surface area contributed by atoms with Gasteiger partial charge in [-0.1, -0.05) is 118 Å². The van der Waals surface area contributed by atoms with Crippen LogP contribution in [0, 0.1) is 0 Å². The van der Waals surface area contributed by atoms with Gasteiger partial charge in [0.15, 0.2) is 5.78 Å². The van der Waals surface area contributed by atoms with E-state index in [1.165, 1.54) is 148 Å². The van der Waals surface area contributed by atoms with Crippen LogP contribution in [0.25, 0.3) is 0 Å². The first-order chi connectivity index (χ1) is 18.7. The molecule has 0 aromatic carbocycles. The largest absolute Gasteiger partial charge is 0.303 e. The molecule has 0 spiro atoms. The number of likely N-dealkylation sites (tertiary alicyclic amines) is 1. The summed E-state index contributed by atoms with van der Waals surface area (Å²) < 4.78 is 0. The van der Waals surface area contributed by atoms with Gasteiger partial charge < -0.3 is 14.6 Å². The van der Waals surface area contributed by atoms with Crippen LogP contribution >= 0.6 is 0 Å². The molecule has 232 valence electrons. The molecule has 0 aliphatic carbocycles. The van der Waals surface area contributed by atoms with Crippen molar-refractivity contribution >= 4 is 12.1 Å². The fraction of sp³-hybridized carbons (Fsp3) is 0.886.